The van der Waals surface area contributed by atoms with Crippen LogP contribution < -0.4 is 5.73 Å². The summed E-state index contributed by atoms with van der Waals surface area (Å²) in [7, 11) is 0. The molecule has 0 unspecified atom stereocenters. The molecule has 0 bridgehead atoms. The van der Waals surface area contributed by atoms with E-state index in [-0.39, 0.29) is 12.2 Å². The van der Waals surface area contributed by atoms with Gasteiger partial charge in [-0.25, -0.2) is 9.97 Å². The number of nitrogens with one attached hydrogen (secondary N) is 1. The molecule has 0 aliphatic rings. The minimum atomic E-state index is -1.13. The first kappa shape index (κ1) is 12.0. The SMILES string of the molecule is N[C@@H](Cc1cncn1C(=O)c1ncc[nH]1)C(=O)O. The molecular weight excluding hydrogens is 238 g/mol. The lowest BCUT2D eigenvalue weighted by Gasteiger charge is -2.08. The Kier molecular flexibility index (Phi) is 3.20. The molecule has 8 heteroatoms. The predicted octanol–water partition coefficient (Wildman–Crippen LogP) is -0.751. The number of nitrogens with two attached hydrogens (primary N) is 1. The van der Waals surface area contributed by atoms with E-state index in [0.717, 1.165) is 0 Å². The average molecular weight is 249 g/mol. The van der Waals surface area contributed by atoms with Gasteiger partial charge in [0.05, 0.1) is 0 Å². The van der Waals surface area contributed by atoms with Gasteiger partial charge in [0.1, 0.15) is 12.4 Å². The number of H-pyrrole nitrogens is 1. The first-order chi connectivity index (χ1) is 8.59. The van der Waals surface area contributed by atoms with Gasteiger partial charge in [-0.1, -0.05) is 0 Å². The van der Waals surface area contributed by atoms with Gasteiger partial charge in [0.25, 0.3) is 5.91 Å². The van der Waals surface area contributed by atoms with E-state index in [1.807, 2.05) is 0 Å². The summed E-state index contributed by atoms with van der Waals surface area (Å²) >= 11 is 0. The normalized spacial score (nSPS) is 12.3. The predicted molar refractivity (Wildman–Crippen MR) is 59.9 cm³/mol. The number of carboxylic acid groups (broad SMARTS) is 1. The smallest absolute Gasteiger partial charge is 0.320 e. The Bertz CT molecular complexity index is 560. The van der Waals surface area contributed by atoms with Crippen molar-refractivity contribution in [3.05, 3.63) is 36.4 Å². The van der Waals surface area contributed by atoms with Gasteiger partial charge >= 0.3 is 5.97 Å². The molecule has 0 amide bonds. The second kappa shape index (κ2) is 4.80. The van der Waals surface area contributed by atoms with Crippen molar-refractivity contribution in [3.8, 4) is 0 Å². The summed E-state index contributed by atoms with van der Waals surface area (Å²) in [5.74, 6) is -1.39. The van der Waals surface area contributed by atoms with E-state index in [4.69, 9.17) is 10.8 Å². The lowest BCUT2D eigenvalue weighted by molar-refractivity contribution is -0.138. The summed E-state index contributed by atoms with van der Waals surface area (Å²) in [6.45, 7) is 0. The van der Waals surface area contributed by atoms with E-state index >= 15 is 0 Å². The molecule has 0 fully saturated rings. The van der Waals surface area contributed by atoms with Crippen molar-refractivity contribution in [1.29, 1.82) is 0 Å². The standard InChI is InChI=1S/C10H11N5O3/c11-7(10(17)18)3-6-4-12-5-15(6)9(16)8-13-1-2-14-8/h1-2,4-5,7H,3,11H2,(H,13,14)(H,17,18)/t7-/m0/s1. The molecular formula is C10H11N5O3. The van der Waals surface area contributed by atoms with Crippen LogP contribution in [0.4, 0.5) is 0 Å². The lowest BCUT2D eigenvalue weighted by atomic mass is 10.2. The van der Waals surface area contributed by atoms with Crippen LogP contribution >= 0.6 is 0 Å². The zero-order chi connectivity index (χ0) is 13.1. The molecule has 0 aromatic carbocycles. The molecule has 2 aromatic heterocycles. The van der Waals surface area contributed by atoms with Gasteiger partial charge in [-0.2, -0.15) is 0 Å². The van der Waals surface area contributed by atoms with Crippen molar-refractivity contribution in [2.75, 3.05) is 0 Å². The molecule has 2 heterocycles. The zero-order valence-electron chi connectivity index (χ0n) is 9.28. The molecule has 0 saturated carbocycles. The third kappa shape index (κ3) is 2.28. The highest BCUT2D eigenvalue weighted by atomic mass is 16.4. The fourth-order valence-electron chi connectivity index (χ4n) is 1.47. The van der Waals surface area contributed by atoms with Crippen LogP contribution in [-0.2, 0) is 11.2 Å². The van der Waals surface area contributed by atoms with Gasteiger partial charge in [0.15, 0.2) is 5.82 Å². The molecule has 2 aromatic rings. The van der Waals surface area contributed by atoms with Crippen LogP contribution in [0.15, 0.2) is 24.9 Å². The minimum absolute atomic E-state index is 0.0157. The number of aromatic amines is 1. The maximum absolute atomic E-state index is 12.0. The zero-order valence-corrected chi connectivity index (χ0v) is 9.28. The monoisotopic (exact) mass is 249 g/mol. The Morgan fingerprint density at radius 3 is 2.94 bits per heavy atom. The summed E-state index contributed by atoms with van der Waals surface area (Å²) in [6.07, 6.45) is 5.69. The average Bonchev–Trinajstić information content (AvgIpc) is 2.98. The van der Waals surface area contributed by atoms with Crippen LogP contribution in [0.1, 0.15) is 16.3 Å². The third-order valence-corrected chi connectivity index (χ3v) is 2.38. The van der Waals surface area contributed by atoms with Gasteiger partial charge in [-0.15, -0.1) is 0 Å². The van der Waals surface area contributed by atoms with Gasteiger partial charge in [-0.3, -0.25) is 14.2 Å². The van der Waals surface area contributed by atoms with Crippen molar-refractivity contribution in [3.63, 3.8) is 0 Å². The van der Waals surface area contributed by atoms with E-state index in [2.05, 4.69) is 15.0 Å². The van der Waals surface area contributed by atoms with Gasteiger partial charge in [0.2, 0.25) is 0 Å². The molecule has 0 saturated heterocycles. The summed E-state index contributed by atoms with van der Waals surface area (Å²) < 4.78 is 1.22. The molecule has 0 spiro atoms. The molecule has 1 atom stereocenters. The summed E-state index contributed by atoms with van der Waals surface area (Å²) in [5, 5.41) is 8.74. The second-order valence-corrected chi connectivity index (χ2v) is 3.65. The number of aliphatic carboxylic acids is 1. The van der Waals surface area contributed by atoms with Crippen molar-refractivity contribution in [2.45, 2.75) is 12.5 Å². The molecule has 8 nitrogen and oxygen atoms in total. The second-order valence-electron chi connectivity index (χ2n) is 3.65. The first-order valence-electron chi connectivity index (χ1n) is 5.13. The van der Waals surface area contributed by atoms with Crippen LogP contribution in [0, 0.1) is 0 Å². The van der Waals surface area contributed by atoms with Crippen LogP contribution in [0.2, 0.25) is 0 Å². The number of imidazole rings is 2. The topological polar surface area (TPSA) is 127 Å². The Balaban J connectivity index is 2.23. The number of carboxylic acids is 1. The number of rotatable bonds is 4. The number of nitrogens with zero attached hydrogens (tertiary/aromatic N) is 3. The minimum Gasteiger partial charge on any atom is -0.480 e. The molecule has 0 aliphatic carbocycles. The van der Waals surface area contributed by atoms with Crippen LogP contribution in [-0.4, -0.2) is 42.5 Å². The Labute approximate surface area is 101 Å². The maximum atomic E-state index is 12.0. The molecule has 0 radical (unpaired) electrons. The van der Waals surface area contributed by atoms with E-state index in [1.165, 1.54) is 29.5 Å². The quantitative estimate of drug-likeness (QED) is 0.654. The number of aromatic nitrogens is 4. The van der Waals surface area contributed by atoms with Crippen molar-refractivity contribution in [2.24, 2.45) is 5.73 Å². The summed E-state index contributed by atoms with van der Waals surface area (Å²) in [6, 6.07) is -1.08. The van der Waals surface area contributed by atoms with Crippen LogP contribution in [0.5, 0.6) is 0 Å². The molecule has 94 valence electrons. The third-order valence-electron chi connectivity index (χ3n) is 2.38. The largest absolute Gasteiger partial charge is 0.480 e. The maximum Gasteiger partial charge on any atom is 0.320 e. The lowest BCUT2D eigenvalue weighted by Crippen LogP contribution is -2.33. The Hall–Kier alpha value is -2.48. The number of carbonyl (C=O) groups excluding carboxylic acids is 1. The van der Waals surface area contributed by atoms with Crippen molar-refractivity contribution in [1.82, 2.24) is 19.5 Å². The van der Waals surface area contributed by atoms with Crippen molar-refractivity contribution >= 4 is 11.9 Å². The van der Waals surface area contributed by atoms with E-state index < -0.39 is 17.9 Å². The molecule has 4 N–H and O–H groups in total. The highest BCUT2D eigenvalue weighted by Crippen LogP contribution is 2.05. The van der Waals surface area contributed by atoms with Crippen LogP contribution in [0.25, 0.3) is 0 Å². The Morgan fingerprint density at radius 1 is 1.56 bits per heavy atom. The van der Waals surface area contributed by atoms with E-state index in [0.29, 0.717) is 5.69 Å². The van der Waals surface area contributed by atoms with Crippen molar-refractivity contribution < 1.29 is 14.7 Å². The van der Waals surface area contributed by atoms with Gasteiger partial charge < -0.3 is 15.8 Å². The molecule has 2 rings (SSSR count). The van der Waals surface area contributed by atoms with Gasteiger partial charge in [-0.05, 0) is 0 Å². The number of hydrogen-bond acceptors (Lipinski definition) is 5. The van der Waals surface area contributed by atoms with E-state index in [9.17, 15) is 9.59 Å². The highest BCUT2D eigenvalue weighted by molar-refractivity contribution is 5.92. The molecule has 18 heavy (non-hydrogen) atoms. The fourth-order valence-corrected chi connectivity index (χ4v) is 1.47. The summed E-state index contributed by atoms with van der Waals surface area (Å²) in [5.41, 5.74) is 5.84. The number of carbonyl (C=O) groups is 2. The highest BCUT2D eigenvalue weighted by Gasteiger charge is 2.19. The summed E-state index contributed by atoms with van der Waals surface area (Å²) in [4.78, 5) is 33.0. The number of hydrogen-bond donors (Lipinski definition) is 3. The molecule has 0 aliphatic heterocycles. The van der Waals surface area contributed by atoms with Gasteiger partial charge in [0, 0.05) is 30.7 Å². The van der Waals surface area contributed by atoms with Crippen LogP contribution in [0.3, 0.4) is 0 Å². The first-order valence-corrected chi connectivity index (χ1v) is 5.13. The fraction of sp³-hybridized carbons (Fsp3) is 0.200. The Morgan fingerprint density at radius 2 is 2.33 bits per heavy atom. The van der Waals surface area contributed by atoms with E-state index in [1.54, 1.807) is 0 Å².